The second-order valence-corrected chi connectivity index (χ2v) is 5.38. The van der Waals surface area contributed by atoms with Crippen LogP contribution in [0.4, 0.5) is 4.79 Å². The number of aryl methyl sites for hydroxylation is 1. The van der Waals surface area contributed by atoms with Crippen molar-refractivity contribution in [2.24, 2.45) is 0 Å². The van der Waals surface area contributed by atoms with Gasteiger partial charge in [-0.2, -0.15) is 0 Å². The fourth-order valence-electron chi connectivity index (χ4n) is 1.51. The zero-order valence-corrected chi connectivity index (χ0v) is 13.8. The Bertz CT molecular complexity index is 508. The van der Waals surface area contributed by atoms with Gasteiger partial charge in [0.15, 0.2) is 0 Å². The molecule has 7 heteroatoms. The molecule has 0 heterocycles. The molecule has 0 aliphatic carbocycles. The van der Waals surface area contributed by atoms with Crippen LogP contribution in [0.1, 0.15) is 43.1 Å². The van der Waals surface area contributed by atoms with Crippen molar-refractivity contribution in [1.29, 1.82) is 0 Å². The van der Waals surface area contributed by atoms with E-state index in [-0.39, 0.29) is 12.2 Å². The lowest BCUT2D eigenvalue weighted by atomic mass is 10.1. The third-order valence-corrected chi connectivity index (χ3v) is 3.29. The number of hydrogen-bond donors (Lipinski definition) is 0. The smallest absolute Gasteiger partial charge is 0.432 e. The Hall–Kier alpha value is -2.12. The van der Waals surface area contributed by atoms with E-state index in [0.29, 0.717) is 6.42 Å². The molecule has 0 atom stereocenters. The van der Waals surface area contributed by atoms with Gasteiger partial charge in [0, 0.05) is 13.5 Å². The number of carbonyl (C=O) groups excluding carboxylic acids is 2. The lowest BCUT2D eigenvalue weighted by Crippen LogP contribution is -2.25. The molecule has 23 heavy (non-hydrogen) atoms. The monoisotopic (exact) mass is 326 g/mol. The van der Waals surface area contributed by atoms with Gasteiger partial charge in [-0.25, -0.2) is 14.5 Å². The van der Waals surface area contributed by atoms with Gasteiger partial charge in [0.1, 0.15) is 0 Å². The van der Waals surface area contributed by atoms with Crippen molar-refractivity contribution >= 4 is 12.1 Å². The number of methoxy groups -OCH3 is 1. The largest absolute Gasteiger partial charge is 0.543 e. The SMILES string of the molecule is CCc1ccc(C(=O)OOOC(=O)OCCC(C)(C)OC)cc1. The highest BCUT2D eigenvalue weighted by Gasteiger charge is 2.18. The highest BCUT2D eigenvalue weighted by molar-refractivity contribution is 5.88. The van der Waals surface area contributed by atoms with E-state index in [2.05, 4.69) is 14.8 Å². The zero-order chi connectivity index (χ0) is 17.3. The van der Waals surface area contributed by atoms with E-state index in [4.69, 9.17) is 9.47 Å². The van der Waals surface area contributed by atoms with E-state index in [1.165, 1.54) is 0 Å². The first-order valence-electron chi connectivity index (χ1n) is 7.24. The van der Waals surface area contributed by atoms with Crippen LogP contribution in [0.3, 0.4) is 0 Å². The average Bonchev–Trinajstić information content (AvgIpc) is 2.54. The van der Waals surface area contributed by atoms with Gasteiger partial charge >= 0.3 is 12.1 Å². The van der Waals surface area contributed by atoms with Crippen molar-refractivity contribution in [3.63, 3.8) is 0 Å². The fourth-order valence-corrected chi connectivity index (χ4v) is 1.51. The van der Waals surface area contributed by atoms with Crippen molar-refractivity contribution in [2.45, 2.75) is 39.2 Å². The summed E-state index contributed by atoms with van der Waals surface area (Å²) in [6.45, 7) is 5.78. The summed E-state index contributed by atoms with van der Waals surface area (Å²) in [5, 5.41) is 4.12. The molecule has 1 aromatic carbocycles. The van der Waals surface area contributed by atoms with Crippen LogP contribution in [0.2, 0.25) is 0 Å². The molecule has 1 rings (SSSR count). The van der Waals surface area contributed by atoms with Crippen molar-refractivity contribution in [2.75, 3.05) is 13.7 Å². The minimum atomic E-state index is -1.11. The number of carbonyl (C=O) groups is 2. The molecule has 1 aromatic rings. The van der Waals surface area contributed by atoms with E-state index in [9.17, 15) is 9.59 Å². The molecule has 0 saturated heterocycles. The minimum Gasteiger partial charge on any atom is -0.432 e. The van der Waals surface area contributed by atoms with Gasteiger partial charge in [0.05, 0.1) is 22.8 Å². The number of ether oxygens (including phenoxy) is 2. The molecule has 7 nitrogen and oxygen atoms in total. The first kappa shape index (κ1) is 18.9. The van der Waals surface area contributed by atoms with Crippen molar-refractivity contribution in [3.8, 4) is 0 Å². The van der Waals surface area contributed by atoms with Crippen LogP contribution in [0.25, 0.3) is 0 Å². The van der Waals surface area contributed by atoms with Crippen molar-refractivity contribution in [1.82, 2.24) is 0 Å². The minimum absolute atomic E-state index is 0.0788. The Kier molecular flexibility index (Phi) is 7.50. The highest BCUT2D eigenvalue weighted by Crippen LogP contribution is 2.12. The quantitative estimate of drug-likeness (QED) is 0.412. The van der Waals surface area contributed by atoms with Crippen LogP contribution in [-0.2, 0) is 30.7 Å². The molecule has 0 spiro atoms. The third kappa shape index (κ3) is 7.12. The molecule has 0 fully saturated rings. The van der Waals surface area contributed by atoms with Gasteiger partial charge in [0.25, 0.3) is 0 Å². The predicted octanol–water partition coefficient (Wildman–Crippen LogP) is 3.22. The standard InChI is InChI=1S/C16H22O7/c1-5-12-6-8-13(9-7-12)14(17)21-23-22-15(18)20-11-10-16(2,3)19-4/h6-9H,5,10-11H2,1-4H3. The van der Waals surface area contributed by atoms with Crippen LogP contribution in [-0.4, -0.2) is 31.4 Å². The molecule has 0 bridgehead atoms. The summed E-state index contributed by atoms with van der Waals surface area (Å²) >= 11 is 0. The summed E-state index contributed by atoms with van der Waals surface area (Å²) in [4.78, 5) is 31.4. The maximum atomic E-state index is 11.6. The average molecular weight is 326 g/mol. The third-order valence-electron chi connectivity index (χ3n) is 3.29. The van der Waals surface area contributed by atoms with Crippen LogP contribution in [0, 0.1) is 0 Å². The Morgan fingerprint density at radius 3 is 2.30 bits per heavy atom. The molecule has 0 amide bonds. The van der Waals surface area contributed by atoms with E-state index >= 15 is 0 Å². The van der Waals surface area contributed by atoms with Crippen molar-refractivity contribution in [3.05, 3.63) is 35.4 Å². The van der Waals surface area contributed by atoms with Crippen LogP contribution < -0.4 is 0 Å². The molecule has 0 saturated carbocycles. The second kappa shape index (κ2) is 9.12. The molecule has 0 radical (unpaired) electrons. The molecule has 0 aliphatic heterocycles. The van der Waals surface area contributed by atoms with Crippen LogP contribution in [0.15, 0.2) is 24.3 Å². The molecule has 0 aromatic heterocycles. The summed E-state index contributed by atoms with van der Waals surface area (Å²) in [7, 11) is 1.56. The van der Waals surface area contributed by atoms with Crippen LogP contribution >= 0.6 is 0 Å². The van der Waals surface area contributed by atoms with Gasteiger partial charge in [-0.3, -0.25) is 4.89 Å². The Labute approximate surface area is 135 Å². The lowest BCUT2D eigenvalue weighted by molar-refractivity contribution is -0.452. The zero-order valence-electron chi connectivity index (χ0n) is 13.8. The maximum absolute atomic E-state index is 11.6. The topological polar surface area (TPSA) is 80.3 Å². The maximum Gasteiger partial charge on any atom is 0.543 e. The Balaban J connectivity index is 2.24. The number of hydrogen-bond acceptors (Lipinski definition) is 7. The number of benzene rings is 1. The Morgan fingerprint density at radius 2 is 1.74 bits per heavy atom. The van der Waals surface area contributed by atoms with E-state index in [1.54, 1.807) is 31.4 Å². The van der Waals surface area contributed by atoms with Crippen molar-refractivity contribution < 1.29 is 33.9 Å². The predicted molar refractivity (Wildman–Crippen MR) is 80.5 cm³/mol. The summed E-state index contributed by atoms with van der Waals surface area (Å²) in [5.74, 6) is -0.777. The van der Waals surface area contributed by atoms with E-state index in [1.807, 2.05) is 20.8 Å². The summed E-state index contributed by atoms with van der Waals surface area (Å²) in [5.41, 5.74) is 0.945. The Morgan fingerprint density at radius 1 is 1.09 bits per heavy atom. The molecule has 0 unspecified atom stereocenters. The van der Waals surface area contributed by atoms with E-state index < -0.39 is 17.7 Å². The van der Waals surface area contributed by atoms with Gasteiger partial charge in [-0.1, -0.05) is 19.1 Å². The van der Waals surface area contributed by atoms with Gasteiger partial charge in [-0.15, -0.1) is 0 Å². The molecule has 0 N–H and O–H groups in total. The first-order chi connectivity index (χ1) is 10.9. The van der Waals surface area contributed by atoms with Gasteiger partial charge in [0.2, 0.25) is 0 Å². The van der Waals surface area contributed by atoms with Crippen LogP contribution in [0.5, 0.6) is 0 Å². The van der Waals surface area contributed by atoms with Gasteiger partial charge < -0.3 is 9.47 Å². The normalized spacial score (nSPS) is 11.0. The second-order valence-electron chi connectivity index (χ2n) is 5.38. The molecular weight excluding hydrogens is 304 g/mol. The summed E-state index contributed by atoms with van der Waals surface area (Å²) in [6, 6.07) is 6.78. The highest BCUT2D eigenvalue weighted by atomic mass is 17.5. The molecule has 128 valence electrons. The fraction of sp³-hybridized carbons (Fsp3) is 0.500. The van der Waals surface area contributed by atoms with E-state index in [0.717, 1.165) is 12.0 Å². The number of rotatable bonds is 8. The first-order valence-corrected chi connectivity index (χ1v) is 7.24. The summed E-state index contributed by atoms with van der Waals surface area (Å²) < 4.78 is 9.90. The lowest BCUT2D eigenvalue weighted by Gasteiger charge is -2.21. The molecule has 0 aliphatic rings. The molecular formula is C16H22O7. The summed E-state index contributed by atoms with van der Waals surface area (Å²) in [6.07, 6.45) is 0.231. The van der Waals surface area contributed by atoms with Gasteiger partial charge in [-0.05, 0) is 38.0 Å².